The highest BCUT2D eigenvalue weighted by atomic mass is 32.2. The molecule has 2 N–H and O–H groups in total. The van der Waals surface area contributed by atoms with Crippen molar-refractivity contribution in [1.82, 2.24) is 4.90 Å². The van der Waals surface area contributed by atoms with Crippen LogP contribution in [0.2, 0.25) is 0 Å². The summed E-state index contributed by atoms with van der Waals surface area (Å²) in [7, 11) is -3.06. The van der Waals surface area contributed by atoms with Crippen LogP contribution in [0.4, 0.5) is 0 Å². The zero-order chi connectivity index (χ0) is 14.9. The van der Waals surface area contributed by atoms with E-state index in [-0.39, 0.29) is 18.1 Å². The summed E-state index contributed by atoms with van der Waals surface area (Å²) < 4.78 is 22.2. The maximum atomic E-state index is 12.2. The van der Waals surface area contributed by atoms with Crippen LogP contribution in [0.25, 0.3) is 0 Å². The molecule has 0 aliphatic carbocycles. The van der Waals surface area contributed by atoms with Crippen LogP contribution in [-0.2, 0) is 14.6 Å². The Labute approximate surface area is 117 Å². The number of hydrogen-bond donors (Lipinski definition) is 1. The molecule has 0 radical (unpaired) electrons. The molecule has 0 saturated heterocycles. The second kappa shape index (κ2) is 9.31. The van der Waals surface area contributed by atoms with E-state index in [1.54, 1.807) is 4.90 Å². The number of carbonyl (C=O) groups is 1. The minimum atomic E-state index is -3.06. The molecular formula is C13H28N2O3S. The fourth-order valence-electron chi connectivity index (χ4n) is 1.73. The lowest BCUT2D eigenvalue weighted by Crippen LogP contribution is -2.45. The molecular weight excluding hydrogens is 264 g/mol. The summed E-state index contributed by atoms with van der Waals surface area (Å²) in [5.41, 5.74) is 5.81. The van der Waals surface area contributed by atoms with Crippen molar-refractivity contribution >= 4 is 15.7 Å². The van der Waals surface area contributed by atoms with Gasteiger partial charge in [-0.2, -0.15) is 0 Å². The average Bonchev–Trinajstić information content (AvgIpc) is 2.34. The van der Waals surface area contributed by atoms with Gasteiger partial charge in [-0.05, 0) is 19.3 Å². The molecule has 0 saturated carbocycles. The van der Waals surface area contributed by atoms with E-state index >= 15 is 0 Å². The highest BCUT2D eigenvalue weighted by Gasteiger charge is 2.21. The highest BCUT2D eigenvalue weighted by molar-refractivity contribution is 7.90. The van der Waals surface area contributed by atoms with Crippen molar-refractivity contribution in [1.29, 1.82) is 0 Å². The molecule has 0 aromatic carbocycles. The zero-order valence-corrected chi connectivity index (χ0v) is 13.2. The molecule has 0 aromatic rings. The minimum Gasteiger partial charge on any atom is -0.341 e. The largest absolute Gasteiger partial charge is 0.341 e. The maximum Gasteiger partial charge on any atom is 0.239 e. The highest BCUT2D eigenvalue weighted by Crippen LogP contribution is 2.04. The SMILES string of the molecule is CCCCN(CCCC)C(=O)C(N)CCS(C)(=O)=O. The van der Waals surface area contributed by atoms with E-state index in [9.17, 15) is 13.2 Å². The van der Waals surface area contributed by atoms with Gasteiger partial charge in [-0.1, -0.05) is 26.7 Å². The van der Waals surface area contributed by atoms with Gasteiger partial charge in [-0.15, -0.1) is 0 Å². The number of rotatable bonds is 10. The molecule has 6 heteroatoms. The Bertz CT molecular complexity index is 347. The van der Waals surface area contributed by atoms with E-state index in [1.165, 1.54) is 0 Å². The van der Waals surface area contributed by atoms with Gasteiger partial charge in [0.1, 0.15) is 9.84 Å². The van der Waals surface area contributed by atoms with Crippen molar-refractivity contribution < 1.29 is 13.2 Å². The first-order chi connectivity index (χ1) is 8.81. The molecule has 0 bridgehead atoms. The summed E-state index contributed by atoms with van der Waals surface area (Å²) in [5, 5.41) is 0. The number of amides is 1. The van der Waals surface area contributed by atoms with Crippen molar-refractivity contribution in [2.75, 3.05) is 25.1 Å². The van der Waals surface area contributed by atoms with Gasteiger partial charge in [0.25, 0.3) is 0 Å². The molecule has 5 nitrogen and oxygen atoms in total. The Morgan fingerprint density at radius 1 is 1.16 bits per heavy atom. The molecule has 1 atom stereocenters. The molecule has 0 aliphatic rings. The lowest BCUT2D eigenvalue weighted by atomic mass is 10.2. The third-order valence-electron chi connectivity index (χ3n) is 2.99. The molecule has 114 valence electrons. The van der Waals surface area contributed by atoms with Gasteiger partial charge in [0, 0.05) is 19.3 Å². The number of nitrogens with two attached hydrogens (primary N) is 1. The summed E-state index contributed by atoms with van der Waals surface area (Å²) in [6, 6.07) is -0.705. The van der Waals surface area contributed by atoms with E-state index in [0.29, 0.717) is 13.1 Å². The quantitative estimate of drug-likeness (QED) is 0.655. The predicted octanol–water partition coefficient (Wildman–Crippen LogP) is 1.18. The summed E-state index contributed by atoms with van der Waals surface area (Å²) in [5.74, 6) is -0.152. The second-order valence-corrected chi connectivity index (χ2v) is 7.32. The fourth-order valence-corrected chi connectivity index (χ4v) is 2.41. The first kappa shape index (κ1) is 18.4. The van der Waals surface area contributed by atoms with Gasteiger partial charge in [0.05, 0.1) is 11.8 Å². The van der Waals surface area contributed by atoms with Crippen molar-refractivity contribution in [2.45, 2.75) is 52.0 Å². The normalized spacial score (nSPS) is 13.3. The number of nitrogens with zero attached hydrogens (tertiary/aromatic N) is 1. The summed E-state index contributed by atoms with van der Waals surface area (Å²) in [4.78, 5) is 14.0. The Balaban J connectivity index is 4.41. The Hall–Kier alpha value is -0.620. The Morgan fingerprint density at radius 3 is 2.00 bits per heavy atom. The molecule has 0 fully saturated rings. The van der Waals surface area contributed by atoms with E-state index in [2.05, 4.69) is 13.8 Å². The van der Waals surface area contributed by atoms with Crippen molar-refractivity contribution in [3.63, 3.8) is 0 Å². The molecule has 0 aromatic heterocycles. The average molecular weight is 292 g/mol. The monoisotopic (exact) mass is 292 g/mol. The van der Waals surface area contributed by atoms with Crippen LogP contribution in [0.15, 0.2) is 0 Å². The van der Waals surface area contributed by atoms with Crippen LogP contribution in [0.1, 0.15) is 46.0 Å². The summed E-state index contributed by atoms with van der Waals surface area (Å²) in [6.45, 7) is 5.57. The van der Waals surface area contributed by atoms with E-state index in [1.807, 2.05) is 0 Å². The van der Waals surface area contributed by atoms with Gasteiger partial charge in [0.2, 0.25) is 5.91 Å². The van der Waals surface area contributed by atoms with E-state index < -0.39 is 15.9 Å². The zero-order valence-electron chi connectivity index (χ0n) is 12.4. The van der Waals surface area contributed by atoms with Crippen LogP contribution in [0.3, 0.4) is 0 Å². The van der Waals surface area contributed by atoms with Crippen molar-refractivity contribution in [3.05, 3.63) is 0 Å². The predicted molar refractivity (Wildman–Crippen MR) is 78.7 cm³/mol. The van der Waals surface area contributed by atoms with Crippen LogP contribution in [0, 0.1) is 0 Å². The second-order valence-electron chi connectivity index (χ2n) is 5.06. The molecule has 0 spiro atoms. The molecule has 0 rings (SSSR count). The standard InChI is InChI=1S/C13H28N2O3S/c1-4-6-9-15(10-7-5-2)13(16)12(14)8-11-19(3,17)18/h12H,4-11,14H2,1-3H3. The topological polar surface area (TPSA) is 80.5 Å². The number of unbranched alkanes of at least 4 members (excludes halogenated alkanes) is 2. The lowest BCUT2D eigenvalue weighted by Gasteiger charge is -2.25. The lowest BCUT2D eigenvalue weighted by molar-refractivity contribution is -0.132. The summed E-state index contributed by atoms with van der Waals surface area (Å²) in [6.07, 6.45) is 5.31. The van der Waals surface area contributed by atoms with Crippen molar-refractivity contribution in [3.8, 4) is 0 Å². The number of hydrogen-bond acceptors (Lipinski definition) is 4. The van der Waals surface area contributed by atoms with Gasteiger partial charge in [0.15, 0.2) is 0 Å². The van der Waals surface area contributed by atoms with Gasteiger partial charge >= 0.3 is 0 Å². The molecule has 19 heavy (non-hydrogen) atoms. The molecule has 0 aliphatic heterocycles. The van der Waals surface area contributed by atoms with Gasteiger partial charge < -0.3 is 10.6 Å². The molecule has 1 unspecified atom stereocenters. The van der Waals surface area contributed by atoms with Crippen LogP contribution >= 0.6 is 0 Å². The number of sulfone groups is 1. The maximum absolute atomic E-state index is 12.2. The van der Waals surface area contributed by atoms with Crippen LogP contribution in [0.5, 0.6) is 0 Å². The van der Waals surface area contributed by atoms with E-state index in [0.717, 1.165) is 31.9 Å². The third-order valence-corrected chi connectivity index (χ3v) is 3.97. The number of carbonyl (C=O) groups excluding carboxylic acids is 1. The van der Waals surface area contributed by atoms with Crippen molar-refractivity contribution in [2.24, 2.45) is 5.73 Å². The van der Waals surface area contributed by atoms with Gasteiger partial charge in [-0.25, -0.2) is 8.42 Å². The third kappa shape index (κ3) is 8.99. The first-order valence-electron chi connectivity index (χ1n) is 7.03. The Kier molecular flexibility index (Phi) is 9.01. The summed E-state index contributed by atoms with van der Waals surface area (Å²) >= 11 is 0. The van der Waals surface area contributed by atoms with Crippen LogP contribution < -0.4 is 5.73 Å². The first-order valence-corrected chi connectivity index (χ1v) is 9.10. The van der Waals surface area contributed by atoms with Crippen LogP contribution in [-0.4, -0.2) is 50.4 Å². The minimum absolute atomic E-state index is 0.0324. The van der Waals surface area contributed by atoms with E-state index in [4.69, 9.17) is 5.73 Å². The molecule has 0 heterocycles. The smallest absolute Gasteiger partial charge is 0.239 e. The fraction of sp³-hybridized carbons (Fsp3) is 0.923. The molecule has 1 amide bonds. The Morgan fingerprint density at radius 2 is 1.63 bits per heavy atom. The van der Waals surface area contributed by atoms with Gasteiger partial charge in [-0.3, -0.25) is 4.79 Å².